The summed E-state index contributed by atoms with van der Waals surface area (Å²) < 4.78 is 5.35. The molecular formula is C21H31N5O2. The second-order valence-electron chi connectivity index (χ2n) is 6.88. The van der Waals surface area contributed by atoms with Gasteiger partial charge in [0.25, 0.3) is 5.91 Å². The maximum atomic E-state index is 12.1. The smallest absolute Gasteiger partial charge is 0.251 e. The van der Waals surface area contributed by atoms with Gasteiger partial charge in [-0.15, -0.1) is 0 Å². The quantitative estimate of drug-likeness (QED) is 0.455. The number of carbonyl (C=O) groups is 1. The van der Waals surface area contributed by atoms with Gasteiger partial charge in [0.15, 0.2) is 11.7 Å². The van der Waals surface area contributed by atoms with Gasteiger partial charge in [-0.25, -0.2) is 4.99 Å². The summed E-state index contributed by atoms with van der Waals surface area (Å²) in [6.07, 6.45) is 0.914. The average molecular weight is 386 g/mol. The Morgan fingerprint density at radius 3 is 2.68 bits per heavy atom. The second kappa shape index (κ2) is 11.1. The third-order valence-corrected chi connectivity index (χ3v) is 4.09. The predicted molar refractivity (Wildman–Crippen MR) is 111 cm³/mol. The molecule has 0 atom stereocenters. The summed E-state index contributed by atoms with van der Waals surface area (Å²) in [4.78, 5) is 16.7. The van der Waals surface area contributed by atoms with Crippen LogP contribution in [-0.2, 0) is 13.1 Å². The fraction of sp³-hybridized carbons (Fsp3) is 0.476. The summed E-state index contributed by atoms with van der Waals surface area (Å²) >= 11 is 0. The number of nitrogens with zero attached hydrogens (tertiary/aromatic N) is 2. The molecule has 3 N–H and O–H groups in total. The van der Waals surface area contributed by atoms with E-state index in [2.05, 4.69) is 39.9 Å². The van der Waals surface area contributed by atoms with E-state index in [1.54, 1.807) is 0 Å². The van der Waals surface area contributed by atoms with Crippen LogP contribution < -0.4 is 16.0 Å². The fourth-order valence-electron chi connectivity index (χ4n) is 2.52. The molecule has 0 spiro atoms. The second-order valence-corrected chi connectivity index (χ2v) is 6.88. The monoisotopic (exact) mass is 385 g/mol. The first-order valence-corrected chi connectivity index (χ1v) is 9.88. The molecule has 7 nitrogen and oxygen atoms in total. The maximum absolute atomic E-state index is 12.1. The van der Waals surface area contributed by atoms with Crippen molar-refractivity contribution in [3.05, 3.63) is 52.9 Å². The highest BCUT2D eigenvalue weighted by Crippen LogP contribution is 2.13. The van der Waals surface area contributed by atoms with Crippen LogP contribution in [0.4, 0.5) is 0 Å². The number of nitrogens with one attached hydrogen (secondary N) is 3. The van der Waals surface area contributed by atoms with E-state index >= 15 is 0 Å². The summed E-state index contributed by atoms with van der Waals surface area (Å²) in [7, 11) is 0. The van der Waals surface area contributed by atoms with E-state index in [0.717, 1.165) is 30.0 Å². The van der Waals surface area contributed by atoms with E-state index in [-0.39, 0.29) is 5.91 Å². The highest BCUT2D eigenvalue weighted by atomic mass is 16.5. The molecular weight excluding hydrogens is 354 g/mol. The summed E-state index contributed by atoms with van der Waals surface area (Å²) in [5, 5.41) is 13.4. The van der Waals surface area contributed by atoms with Crippen LogP contribution in [0.5, 0.6) is 0 Å². The number of amides is 1. The van der Waals surface area contributed by atoms with Gasteiger partial charge in [0.1, 0.15) is 0 Å². The molecule has 7 heteroatoms. The van der Waals surface area contributed by atoms with Crippen molar-refractivity contribution in [3.8, 4) is 0 Å². The molecule has 0 aliphatic heterocycles. The zero-order valence-electron chi connectivity index (χ0n) is 17.2. The van der Waals surface area contributed by atoms with Crippen molar-refractivity contribution in [1.82, 2.24) is 21.1 Å². The molecule has 2 aromatic rings. The van der Waals surface area contributed by atoms with Gasteiger partial charge in [-0.05, 0) is 37.0 Å². The number of guanidine groups is 1. The van der Waals surface area contributed by atoms with Crippen LogP contribution >= 0.6 is 0 Å². The van der Waals surface area contributed by atoms with Crippen LogP contribution in [0.25, 0.3) is 0 Å². The van der Waals surface area contributed by atoms with Gasteiger partial charge in [0, 0.05) is 24.7 Å². The molecule has 0 unspecified atom stereocenters. The summed E-state index contributed by atoms with van der Waals surface area (Å²) in [5.41, 5.74) is 2.57. The minimum absolute atomic E-state index is 0.0519. The third kappa shape index (κ3) is 6.72. The van der Waals surface area contributed by atoms with Gasteiger partial charge >= 0.3 is 0 Å². The maximum Gasteiger partial charge on any atom is 0.251 e. The number of hydrogen-bond acceptors (Lipinski definition) is 4. The third-order valence-electron chi connectivity index (χ3n) is 4.09. The van der Waals surface area contributed by atoms with E-state index in [4.69, 9.17) is 4.52 Å². The molecule has 2 rings (SSSR count). The fourth-order valence-corrected chi connectivity index (χ4v) is 2.52. The van der Waals surface area contributed by atoms with Crippen molar-refractivity contribution in [3.63, 3.8) is 0 Å². The van der Waals surface area contributed by atoms with Gasteiger partial charge in [0.2, 0.25) is 0 Å². The lowest BCUT2D eigenvalue weighted by atomic mass is 10.1. The van der Waals surface area contributed by atoms with Crippen molar-refractivity contribution < 1.29 is 9.32 Å². The number of aromatic nitrogens is 1. The SMILES string of the molecule is CCCNC(=O)c1cccc(CN=C(NCC)NCc2cc(C(C)C)no2)c1. The molecule has 1 amide bonds. The summed E-state index contributed by atoms with van der Waals surface area (Å²) in [5.74, 6) is 1.74. The summed E-state index contributed by atoms with van der Waals surface area (Å²) in [6.45, 7) is 10.6. The molecule has 0 aliphatic carbocycles. The van der Waals surface area contributed by atoms with Gasteiger partial charge in [-0.2, -0.15) is 0 Å². The standard InChI is InChI=1S/C21H31N5O2/c1-5-10-23-20(27)17-9-7-8-16(11-17)13-24-21(22-6-2)25-14-18-12-19(15(3)4)26-28-18/h7-9,11-12,15H,5-6,10,13-14H2,1-4H3,(H,23,27)(H2,22,24,25). The Morgan fingerprint density at radius 1 is 1.18 bits per heavy atom. The van der Waals surface area contributed by atoms with Crippen LogP contribution in [0.3, 0.4) is 0 Å². The van der Waals surface area contributed by atoms with Crippen molar-refractivity contribution in [2.24, 2.45) is 4.99 Å². The summed E-state index contributed by atoms with van der Waals surface area (Å²) in [6, 6.07) is 9.50. The number of carbonyl (C=O) groups excluding carboxylic acids is 1. The first kappa shape index (κ1) is 21.5. The number of hydrogen-bond donors (Lipinski definition) is 3. The van der Waals surface area contributed by atoms with E-state index in [1.165, 1.54) is 0 Å². The van der Waals surface area contributed by atoms with E-state index in [0.29, 0.717) is 37.1 Å². The van der Waals surface area contributed by atoms with E-state index in [9.17, 15) is 4.79 Å². The molecule has 0 aliphatic rings. The number of aliphatic imine (C=N–C) groups is 1. The predicted octanol–water partition coefficient (Wildman–Crippen LogP) is 3.19. The average Bonchev–Trinajstić information content (AvgIpc) is 3.18. The molecule has 0 radical (unpaired) electrons. The first-order valence-electron chi connectivity index (χ1n) is 9.88. The van der Waals surface area contributed by atoms with Crippen LogP contribution in [0.15, 0.2) is 39.8 Å². The number of rotatable bonds is 9. The van der Waals surface area contributed by atoms with Crippen molar-refractivity contribution in [2.45, 2.75) is 53.1 Å². The first-order chi connectivity index (χ1) is 13.5. The lowest BCUT2D eigenvalue weighted by Gasteiger charge is -2.10. The van der Waals surface area contributed by atoms with Crippen molar-refractivity contribution in [1.29, 1.82) is 0 Å². The molecule has 0 fully saturated rings. The minimum Gasteiger partial charge on any atom is -0.359 e. The van der Waals surface area contributed by atoms with Crippen LogP contribution in [-0.4, -0.2) is 30.1 Å². The van der Waals surface area contributed by atoms with Crippen LogP contribution in [0, 0.1) is 0 Å². The Hall–Kier alpha value is -2.83. The molecule has 0 saturated carbocycles. The lowest BCUT2D eigenvalue weighted by molar-refractivity contribution is 0.0953. The lowest BCUT2D eigenvalue weighted by Crippen LogP contribution is -2.36. The highest BCUT2D eigenvalue weighted by Gasteiger charge is 2.09. The van der Waals surface area contributed by atoms with Gasteiger partial charge in [0.05, 0.1) is 18.8 Å². The molecule has 0 saturated heterocycles. The molecule has 28 heavy (non-hydrogen) atoms. The number of benzene rings is 1. The topological polar surface area (TPSA) is 91.5 Å². The molecule has 1 heterocycles. The Bertz CT molecular complexity index is 783. The Kier molecular flexibility index (Phi) is 8.52. The largest absolute Gasteiger partial charge is 0.359 e. The van der Waals surface area contributed by atoms with E-state index in [1.807, 2.05) is 44.2 Å². The Labute approximate surface area is 167 Å². The minimum atomic E-state index is -0.0519. The zero-order chi connectivity index (χ0) is 20.4. The Morgan fingerprint density at radius 2 is 2.00 bits per heavy atom. The van der Waals surface area contributed by atoms with Gasteiger partial charge < -0.3 is 20.5 Å². The molecule has 152 valence electrons. The highest BCUT2D eigenvalue weighted by molar-refractivity contribution is 5.94. The van der Waals surface area contributed by atoms with Crippen LogP contribution in [0.1, 0.15) is 67.4 Å². The van der Waals surface area contributed by atoms with Crippen LogP contribution in [0.2, 0.25) is 0 Å². The molecule has 0 bridgehead atoms. The van der Waals surface area contributed by atoms with Gasteiger partial charge in [-0.1, -0.05) is 38.1 Å². The van der Waals surface area contributed by atoms with Crippen molar-refractivity contribution >= 4 is 11.9 Å². The molecule has 1 aromatic carbocycles. The van der Waals surface area contributed by atoms with Crippen molar-refractivity contribution in [2.75, 3.05) is 13.1 Å². The Balaban J connectivity index is 1.98. The van der Waals surface area contributed by atoms with E-state index < -0.39 is 0 Å². The normalized spacial score (nSPS) is 11.5. The van der Waals surface area contributed by atoms with Gasteiger partial charge in [-0.3, -0.25) is 4.79 Å². The zero-order valence-corrected chi connectivity index (χ0v) is 17.2. The molecule has 1 aromatic heterocycles.